The number of allylic oxidation sites excluding steroid dienone is 1. The zero-order chi connectivity index (χ0) is 18.2. The number of hydrogen-bond acceptors (Lipinski definition) is 4. The number of hydrogen-bond donors (Lipinski definition) is 2. The molecular weight excluding hydrogens is 363 g/mol. The molecule has 0 aliphatic carbocycles. The van der Waals surface area contributed by atoms with E-state index in [1.165, 1.54) is 12.4 Å². The van der Waals surface area contributed by atoms with Crippen molar-refractivity contribution in [2.24, 2.45) is 10.7 Å². The van der Waals surface area contributed by atoms with Gasteiger partial charge in [0.25, 0.3) is 0 Å². The molecular formula is C18H16Cl2N2O3. The van der Waals surface area contributed by atoms with E-state index in [1.54, 1.807) is 36.4 Å². The number of benzene rings is 2. The van der Waals surface area contributed by atoms with Gasteiger partial charge in [-0.2, -0.15) is 0 Å². The third-order valence-electron chi connectivity index (χ3n) is 3.25. The summed E-state index contributed by atoms with van der Waals surface area (Å²) in [5, 5.41) is 9.70. The number of ether oxygens (including phenoxy) is 1. The molecule has 0 radical (unpaired) electrons. The number of nitrogens with zero attached hydrogens (tertiary/aromatic N) is 1. The summed E-state index contributed by atoms with van der Waals surface area (Å²) in [6.45, 7) is -0.102. The number of halogens is 2. The van der Waals surface area contributed by atoms with Crippen molar-refractivity contribution in [1.82, 2.24) is 0 Å². The summed E-state index contributed by atoms with van der Waals surface area (Å²) in [6.07, 6.45) is 2.77. The van der Waals surface area contributed by atoms with E-state index in [0.29, 0.717) is 26.9 Å². The van der Waals surface area contributed by atoms with E-state index in [4.69, 9.17) is 38.8 Å². The predicted molar refractivity (Wildman–Crippen MR) is 100 cm³/mol. The van der Waals surface area contributed by atoms with E-state index in [9.17, 15) is 4.79 Å². The van der Waals surface area contributed by atoms with Crippen LogP contribution in [0.15, 0.2) is 53.7 Å². The molecule has 2 rings (SSSR count). The summed E-state index contributed by atoms with van der Waals surface area (Å²) < 4.78 is 5.76. The van der Waals surface area contributed by atoms with Gasteiger partial charge in [0.2, 0.25) is 0 Å². The highest BCUT2D eigenvalue weighted by Gasteiger charge is 2.07. The molecule has 0 aliphatic rings. The third-order valence-corrected chi connectivity index (χ3v) is 3.96. The molecule has 0 saturated carbocycles. The highest BCUT2D eigenvalue weighted by molar-refractivity contribution is 6.35. The number of carboxylic acid groups (broad SMARTS) is 1. The van der Waals surface area contributed by atoms with Gasteiger partial charge in [-0.3, -0.25) is 9.79 Å². The molecule has 2 aromatic rings. The first-order chi connectivity index (χ1) is 12.0. The molecule has 25 heavy (non-hydrogen) atoms. The Hall–Kier alpha value is -2.50. The van der Waals surface area contributed by atoms with Crippen LogP contribution in [-0.2, 0) is 11.4 Å². The molecule has 0 fully saturated rings. The number of aliphatic carboxylic acids is 1. The summed E-state index contributed by atoms with van der Waals surface area (Å²) in [7, 11) is 0. The van der Waals surface area contributed by atoms with Crippen molar-refractivity contribution >= 4 is 41.0 Å². The van der Waals surface area contributed by atoms with Gasteiger partial charge in [0.1, 0.15) is 18.9 Å². The van der Waals surface area contributed by atoms with Crippen LogP contribution in [0.2, 0.25) is 10.0 Å². The Morgan fingerprint density at radius 1 is 1.20 bits per heavy atom. The van der Waals surface area contributed by atoms with Gasteiger partial charge in [0.05, 0.1) is 0 Å². The molecule has 0 aliphatic heterocycles. The normalized spacial score (nSPS) is 11.7. The van der Waals surface area contributed by atoms with E-state index in [2.05, 4.69) is 4.99 Å². The van der Waals surface area contributed by atoms with Crippen molar-refractivity contribution in [3.05, 3.63) is 69.8 Å². The van der Waals surface area contributed by atoms with Crippen molar-refractivity contribution in [3.8, 4) is 5.75 Å². The molecule has 0 amide bonds. The summed E-state index contributed by atoms with van der Waals surface area (Å²) in [5.74, 6) is -0.416. The largest absolute Gasteiger partial charge is 0.489 e. The van der Waals surface area contributed by atoms with E-state index >= 15 is 0 Å². The van der Waals surface area contributed by atoms with Crippen LogP contribution < -0.4 is 10.5 Å². The van der Waals surface area contributed by atoms with Crippen molar-refractivity contribution in [2.45, 2.75) is 6.61 Å². The maximum Gasteiger partial charge on any atom is 0.325 e. The fourth-order valence-electron chi connectivity index (χ4n) is 2.03. The molecule has 2 aromatic carbocycles. The lowest BCUT2D eigenvalue weighted by molar-refractivity contribution is -0.135. The van der Waals surface area contributed by atoms with Crippen LogP contribution in [0.3, 0.4) is 0 Å². The molecule has 0 aromatic heterocycles. The summed E-state index contributed by atoms with van der Waals surface area (Å²) in [6, 6.07) is 12.4. The molecule has 7 heteroatoms. The number of aliphatic imine (C=N–C) groups is 1. The zero-order valence-electron chi connectivity index (χ0n) is 13.2. The van der Waals surface area contributed by atoms with E-state index in [1.807, 2.05) is 6.07 Å². The van der Waals surface area contributed by atoms with Gasteiger partial charge in [-0.25, -0.2) is 0 Å². The maximum atomic E-state index is 10.5. The highest BCUT2D eigenvalue weighted by Crippen LogP contribution is 2.26. The van der Waals surface area contributed by atoms with Crippen molar-refractivity contribution in [3.63, 3.8) is 0 Å². The molecule has 5 nitrogen and oxygen atoms in total. The molecule has 0 bridgehead atoms. The van der Waals surface area contributed by atoms with Gasteiger partial charge in [-0.05, 0) is 29.8 Å². The van der Waals surface area contributed by atoms with E-state index in [-0.39, 0.29) is 13.2 Å². The first-order valence-corrected chi connectivity index (χ1v) is 8.06. The van der Waals surface area contributed by atoms with Crippen LogP contribution in [0.4, 0.5) is 0 Å². The van der Waals surface area contributed by atoms with Gasteiger partial charge >= 0.3 is 5.97 Å². The fraction of sp³-hybridized carbons (Fsp3) is 0.111. The number of carbonyl (C=O) groups is 1. The minimum atomic E-state index is -1.01. The smallest absolute Gasteiger partial charge is 0.325 e. The second-order valence-corrected chi connectivity index (χ2v) is 5.82. The van der Waals surface area contributed by atoms with Crippen LogP contribution in [0.25, 0.3) is 5.57 Å². The second kappa shape index (κ2) is 9.11. The summed E-state index contributed by atoms with van der Waals surface area (Å²) >= 11 is 12.3. The van der Waals surface area contributed by atoms with Gasteiger partial charge in [0, 0.05) is 33.6 Å². The molecule has 0 saturated heterocycles. The average Bonchev–Trinajstić information content (AvgIpc) is 2.58. The van der Waals surface area contributed by atoms with Crippen molar-refractivity contribution < 1.29 is 14.6 Å². The van der Waals surface area contributed by atoms with Crippen molar-refractivity contribution in [2.75, 3.05) is 6.54 Å². The summed E-state index contributed by atoms with van der Waals surface area (Å²) in [5.41, 5.74) is 7.64. The highest BCUT2D eigenvalue weighted by atomic mass is 35.5. The Balaban J connectivity index is 2.13. The minimum absolute atomic E-state index is 0.219. The zero-order valence-corrected chi connectivity index (χ0v) is 14.7. The van der Waals surface area contributed by atoms with Gasteiger partial charge in [0.15, 0.2) is 0 Å². The Morgan fingerprint density at radius 3 is 2.52 bits per heavy atom. The van der Waals surface area contributed by atoms with Crippen LogP contribution in [-0.4, -0.2) is 23.8 Å². The summed E-state index contributed by atoms with van der Waals surface area (Å²) in [4.78, 5) is 14.3. The first kappa shape index (κ1) is 18.8. The second-order valence-electron chi connectivity index (χ2n) is 5.00. The predicted octanol–water partition coefficient (Wildman–Crippen LogP) is 4.03. The standard InChI is InChI=1S/C18H16Cl2N2O3/c19-16-5-2-6-17(20)15(16)11-25-14-4-1-3-12(7-14)13(8-21)9-22-10-18(23)24/h1-9H,10-11,21H2,(H,23,24). The van der Waals surface area contributed by atoms with Crippen LogP contribution >= 0.6 is 23.2 Å². The molecule has 0 atom stereocenters. The lowest BCUT2D eigenvalue weighted by Crippen LogP contribution is -2.01. The lowest BCUT2D eigenvalue weighted by atomic mass is 10.1. The molecule has 0 unspecified atom stereocenters. The maximum absolute atomic E-state index is 10.5. The minimum Gasteiger partial charge on any atom is -0.489 e. The molecule has 3 N–H and O–H groups in total. The monoisotopic (exact) mass is 378 g/mol. The molecule has 0 heterocycles. The number of carboxylic acids is 1. The topological polar surface area (TPSA) is 84.9 Å². The number of rotatable bonds is 7. The quantitative estimate of drug-likeness (QED) is 0.712. The SMILES string of the molecule is NC=C(C=NCC(=O)O)c1cccc(OCc2c(Cl)cccc2Cl)c1. The third kappa shape index (κ3) is 5.52. The fourth-order valence-corrected chi connectivity index (χ4v) is 2.53. The lowest BCUT2D eigenvalue weighted by Gasteiger charge is -2.11. The first-order valence-electron chi connectivity index (χ1n) is 7.31. The Bertz CT molecular complexity index is 799. The Labute approximate surface area is 155 Å². The van der Waals surface area contributed by atoms with Crippen LogP contribution in [0, 0.1) is 0 Å². The van der Waals surface area contributed by atoms with E-state index in [0.717, 1.165) is 5.56 Å². The Morgan fingerprint density at radius 2 is 1.88 bits per heavy atom. The van der Waals surface area contributed by atoms with Crippen LogP contribution in [0.1, 0.15) is 11.1 Å². The van der Waals surface area contributed by atoms with Gasteiger partial charge in [-0.1, -0.05) is 41.4 Å². The molecule has 0 spiro atoms. The molecule has 130 valence electrons. The van der Waals surface area contributed by atoms with E-state index < -0.39 is 5.97 Å². The van der Waals surface area contributed by atoms with Gasteiger partial charge in [-0.15, -0.1) is 0 Å². The van der Waals surface area contributed by atoms with Crippen molar-refractivity contribution in [1.29, 1.82) is 0 Å². The average molecular weight is 379 g/mol. The van der Waals surface area contributed by atoms with Gasteiger partial charge < -0.3 is 15.6 Å². The van der Waals surface area contributed by atoms with Crippen LogP contribution in [0.5, 0.6) is 5.75 Å². The number of nitrogens with two attached hydrogens (primary N) is 1. The Kier molecular flexibility index (Phi) is 6.86.